The lowest BCUT2D eigenvalue weighted by Gasteiger charge is -2.19. The average Bonchev–Trinajstić information content (AvgIpc) is 1.56. The Labute approximate surface area is 703 Å². The summed E-state index contributed by atoms with van der Waals surface area (Å²) in [5, 5.41) is 32.3. The molecule has 0 N–H and O–H groups in total. The van der Waals surface area contributed by atoms with Gasteiger partial charge in [0.1, 0.15) is 23.8 Å². The molecule has 0 amide bonds. The first kappa shape index (κ1) is 72.2. The molecule has 22 aromatic rings. The Morgan fingerprint density at radius 1 is 0.197 bits per heavy atom. The zero-order valence-corrected chi connectivity index (χ0v) is 67.7. The van der Waals surface area contributed by atoms with Crippen molar-refractivity contribution in [3.05, 3.63) is 385 Å². The summed E-state index contributed by atoms with van der Waals surface area (Å²) in [5.74, 6) is 3.11. The van der Waals surface area contributed by atoms with Crippen LogP contribution in [0, 0.1) is 64.2 Å². The molecule has 22 rings (SSSR count). The van der Waals surface area contributed by atoms with Crippen LogP contribution in [0.3, 0.4) is 0 Å². The molecule has 0 spiro atoms. The Morgan fingerprint density at radius 2 is 0.467 bits per heavy atom. The molecule has 0 aliphatic rings. The van der Waals surface area contributed by atoms with Gasteiger partial charge in [-0.2, -0.15) is 10.5 Å². The van der Waals surface area contributed by atoms with E-state index in [1.165, 1.54) is 22.3 Å². The highest BCUT2D eigenvalue weighted by atomic mass is 15.1. The van der Waals surface area contributed by atoms with Gasteiger partial charge in [-0.3, -0.25) is 0 Å². The van der Waals surface area contributed by atoms with E-state index in [0.717, 1.165) is 165 Å². The van der Waals surface area contributed by atoms with Crippen LogP contribution in [0.2, 0.25) is 0 Å². The predicted octanol–water partition coefficient (Wildman–Crippen LogP) is 27.0. The Balaban J connectivity index is 0.776. The standard InChI is InChI=1S/C110H74N12/c1-65-25-33-71(34-26-65)77-43-49-97-89(53-77)86-22-14-16-24-96(86)119(97)101-62-94(110-117-107(75-17-9-7-10-18-75)116-108(118-110)76-19-11-8-12-20-76)105(59-83(101)63-111)120-99-50-44-78(72-35-27-66(2)28-36-72)54-91(99)92-56-80(46-52-100(92)120)79-45-51-98-90(55-79)88-48-42-82(74-39-31-68(4)32-40-74)58-104(88)121(98)102-61-93(109-114-69(5)113-70(6)115-109)106(60-84(102)64-112)122-95-23-15-13-21-85(95)87-47-41-81(57-103(87)122)73-37-29-67(3)30-38-73/h7-62H,1-6H3. The maximum absolute atomic E-state index is 12.0. The molecule has 6 heterocycles. The molecule has 0 aliphatic heterocycles. The van der Waals surface area contributed by atoms with Gasteiger partial charge in [-0.05, 0) is 194 Å². The van der Waals surface area contributed by atoms with Gasteiger partial charge in [-0.1, -0.05) is 265 Å². The molecule has 16 aromatic carbocycles. The maximum Gasteiger partial charge on any atom is 0.166 e. The second kappa shape index (κ2) is 28.8. The minimum absolute atomic E-state index is 0.433. The Bertz CT molecular complexity index is 8100. The van der Waals surface area contributed by atoms with Crippen molar-refractivity contribution < 1.29 is 0 Å². The number of fused-ring (bicyclic) bond motifs is 12. The fourth-order valence-electron chi connectivity index (χ4n) is 18.2. The number of para-hydroxylation sites is 2. The number of benzene rings is 16. The van der Waals surface area contributed by atoms with Gasteiger partial charge in [-0.15, -0.1) is 0 Å². The van der Waals surface area contributed by atoms with Gasteiger partial charge >= 0.3 is 0 Å². The summed E-state index contributed by atoms with van der Waals surface area (Å²) < 4.78 is 9.10. The van der Waals surface area contributed by atoms with Crippen molar-refractivity contribution in [1.29, 1.82) is 10.5 Å². The van der Waals surface area contributed by atoms with Gasteiger partial charge in [0.25, 0.3) is 0 Å². The van der Waals surface area contributed by atoms with Crippen LogP contribution in [-0.2, 0) is 0 Å². The van der Waals surface area contributed by atoms with E-state index < -0.39 is 0 Å². The molecular weight excluding hydrogens is 1490 g/mol. The third kappa shape index (κ3) is 12.2. The lowest BCUT2D eigenvalue weighted by molar-refractivity contribution is 0.926. The van der Waals surface area contributed by atoms with Crippen LogP contribution in [0.25, 0.3) is 211 Å². The smallest absolute Gasteiger partial charge is 0.166 e. The van der Waals surface area contributed by atoms with Gasteiger partial charge in [-0.25, -0.2) is 29.9 Å². The first-order valence-corrected chi connectivity index (χ1v) is 41.1. The lowest BCUT2D eigenvalue weighted by Crippen LogP contribution is -2.07. The molecule has 0 atom stereocenters. The van der Waals surface area contributed by atoms with E-state index >= 15 is 0 Å². The number of aryl methyl sites for hydroxylation is 6. The van der Waals surface area contributed by atoms with Crippen molar-refractivity contribution in [2.75, 3.05) is 0 Å². The quantitative estimate of drug-likeness (QED) is 0.111. The van der Waals surface area contributed by atoms with Crippen LogP contribution in [0.15, 0.2) is 340 Å². The van der Waals surface area contributed by atoms with Crippen molar-refractivity contribution in [1.82, 2.24) is 48.2 Å². The summed E-state index contributed by atoms with van der Waals surface area (Å²) in [4.78, 5) is 31.3. The number of rotatable bonds is 13. The minimum atomic E-state index is 0.433. The molecule has 574 valence electrons. The van der Waals surface area contributed by atoms with Gasteiger partial charge in [0.2, 0.25) is 0 Å². The van der Waals surface area contributed by atoms with E-state index in [0.29, 0.717) is 68.7 Å². The molecule has 0 unspecified atom stereocenters. The van der Waals surface area contributed by atoms with Gasteiger partial charge in [0, 0.05) is 65.3 Å². The first-order valence-electron chi connectivity index (χ1n) is 41.1. The average molecular weight is 1560 g/mol. The zero-order valence-electron chi connectivity index (χ0n) is 67.7. The summed E-state index contributed by atoms with van der Waals surface area (Å²) in [6, 6.07) is 126. The second-order valence-corrected chi connectivity index (χ2v) is 32.0. The Kier molecular flexibility index (Phi) is 17.1. The maximum atomic E-state index is 12.0. The van der Waals surface area contributed by atoms with E-state index in [9.17, 15) is 10.5 Å². The Hall–Kier alpha value is -16.3. The third-order valence-corrected chi connectivity index (χ3v) is 24.2. The van der Waals surface area contributed by atoms with Crippen molar-refractivity contribution in [3.63, 3.8) is 0 Å². The van der Waals surface area contributed by atoms with Crippen LogP contribution in [0.5, 0.6) is 0 Å². The number of aromatic nitrogens is 10. The van der Waals surface area contributed by atoms with Crippen molar-refractivity contribution in [2.24, 2.45) is 0 Å². The first-order chi connectivity index (χ1) is 59.8. The van der Waals surface area contributed by atoms with Crippen LogP contribution in [-0.4, -0.2) is 48.2 Å². The molecule has 12 heteroatoms. The van der Waals surface area contributed by atoms with E-state index in [1.54, 1.807) is 0 Å². The molecule has 0 saturated carbocycles. The fraction of sp³-hybridized carbons (Fsp3) is 0.0545. The molecule has 6 aromatic heterocycles. The van der Waals surface area contributed by atoms with Crippen molar-refractivity contribution in [2.45, 2.75) is 41.5 Å². The highest BCUT2D eigenvalue weighted by Gasteiger charge is 2.29. The van der Waals surface area contributed by atoms with Crippen molar-refractivity contribution in [3.8, 4) is 136 Å². The number of nitriles is 2. The molecule has 122 heavy (non-hydrogen) atoms. The van der Waals surface area contributed by atoms with Gasteiger partial charge in [0.05, 0.1) is 78.0 Å². The highest BCUT2D eigenvalue weighted by molar-refractivity contribution is 6.16. The van der Waals surface area contributed by atoms with Crippen LogP contribution in [0.1, 0.15) is 45.0 Å². The number of hydrogen-bond acceptors (Lipinski definition) is 8. The van der Waals surface area contributed by atoms with Crippen LogP contribution in [0.4, 0.5) is 0 Å². The zero-order chi connectivity index (χ0) is 82.1. The lowest BCUT2D eigenvalue weighted by atomic mass is 9.98. The molecular formula is C110H74N12. The molecule has 0 saturated heterocycles. The molecule has 0 fully saturated rings. The van der Waals surface area contributed by atoms with Crippen LogP contribution >= 0.6 is 0 Å². The van der Waals surface area contributed by atoms with Crippen molar-refractivity contribution >= 4 is 87.2 Å². The summed E-state index contributed by atoms with van der Waals surface area (Å²) in [6.45, 7) is 12.3. The minimum Gasteiger partial charge on any atom is -0.308 e. The SMILES string of the molecule is Cc1ccc(-c2ccc3c(c2)c2ccccc2n3-c2cc(-c3nc(-c4ccccc4)nc(-c4ccccc4)n3)c(-n3c4ccc(-c5ccc(C)cc5)cc4c4cc(-c5ccc6c(c5)c5ccc(-c7ccc(C)cc7)cc5n6-c5cc(-c6nc(C)nc(C)n6)c(-n6c7ccccc7c7ccc(-c8ccc(C)cc8)cc76)cc5C#N)ccc43)cc2C#N)cc1. The molecule has 0 aliphatic carbocycles. The Morgan fingerprint density at radius 3 is 0.861 bits per heavy atom. The topological polar surface area (TPSA) is 145 Å². The monoisotopic (exact) mass is 1560 g/mol. The third-order valence-electron chi connectivity index (χ3n) is 24.2. The normalized spacial score (nSPS) is 11.7. The van der Waals surface area contributed by atoms with Gasteiger partial charge in [0.15, 0.2) is 23.3 Å². The second-order valence-electron chi connectivity index (χ2n) is 32.0. The van der Waals surface area contributed by atoms with E-state index in [4.69, 9.17) is 29.9 Å². The highest BCUT2D eigenvalue weighted by Crippen LogP contribution is 2.47. The van der Waals surface area contributed by atoms with E-state index in [-0.39, 0.29) is 0 Å². The number of nitrogens with zero attached hydrogens (tertiary/aromatic N) is 12. The number of hydrogen-bond donors (Lipinski definition) is 0. The summed E-state index contributed by atoms with van der Waals surface area (Å²) >= 11 is 0. The van der Waals surface area contributed by atoms with E-state index in [1.807, 2.05) is 86.6 Å². The van der Waals surface area contributed by atoms with Gasteiger partial charge < -0.3 is 18.3 Å². The largest absolute Gasteiger partial charge is 0.308 e. The predicted molar refractivity (Wildman–Crippen MR) is 497 cm³/mol. The fourth-order valence-corrected chi connectivity index (χ4v) is 18.2. The molecule has 0 bridgehead atoms. The van der Waals surface area contributed by atoms with E-state index in [2.05, 4.69) is 325 Å². The summed E-state index contributed by atoms with van der Waals surface area (Å²) in [7, 11) is 0. The summed E-state index contributed by atoms with van der Waals surface area (Å²) in [6.07, 6.45) is 0. The van der Waals surface area contributed by atoms with Crippen LogP contribution < -0.4 is 0 Å². The molecule has 0 radical (unpaired) electrons. The summed E-state index contributed by atoms with van der Waals surface area (Å²) in [5.41, 5.74) is 29.7. The molecule has 12 nitrogen and oxygen atoms in total.